The summed E-state index contributed by atoms with van der Waals surface area (Å²) in [5.74, 6) is -0.670. The molecule has 1 heterocycles. The molecule has 1 aliphatic rings. The number of hydrogen-bond acceptors (Lipinski definition) is 6. The lowest BCUT2D eigenvalue weighted by atomic mass is 9.98. The van der Waals surface area contributed by atoms with Gasteiger partial charge in [0.15, 0.2) is 0 Å². The van der Waals surface area contributed by atoms with Gasteiger partial charge in [0.25, 0.3) is 0 Å². The topological polar surface area (TPSA) is 102 Å². The monoisotopic (exact) mass is 446 g/mol. The molecule has 8 nitrogen and oxygen atoms in total. The van der Waals surface area contributed by atoms with Crippen LogP contribution in [0.4, 0.5) is 5.69 Å². The third kappa shape index (κ3) is 5.42. The molecule has 2 aromatic carbocycles. The Hall–Kier alpha value is -2.91. The molecule has 1 atom stereocenters. The third-order valence-electron chi connectivity index (χ3n) is 5.09. The lowest BCUT2D eigenvalue weighted by molar-refractivity contribution is -0.120. The van der Waals surface area contributed by atoms with Gasteiger partial charge in [-0.05, 0) is 62.2 Å². The van der Waals surface area contributed by atoms with Crippen molar-refractivity contribution in [1.29, 1.82) is 0 Å². The van der Waals surface area contributed by atoms with Crippen molar-refractivity contribution in [3.05, 3.63) is 54.1 Å². The first kappa shape index (κ1) is 22.8. The van der Waals surface area contributed by atoms with E-state index in [1.54, 1.807) is 43.3 Å². The van der Waals surface area contributed by atoms with Gasteiger partial charge < -0.3 is 14.8 Å². The number of hydrogen-bond donors (Lipinski definition) is 1. The fourth-order valence-electron chi connectivity index (χ4n) is 3.45. The smallest absolute Gasteiger partial charge is 0.338 e. The van der Waals surface area contributed by atoms with E-state index in [1.165, 1.54) is 23.5 Å². The van der Waals surface area contributed by atoms with E-state index in [1.807, 2.05) is 0 Å². The van der Waals surface area contributed by atoms with E-state index < -0.39 is 21.9 Å². The Bertz CT molecular complexity index is 1040. The minimum absolute atomic E-state index is 0.0950. The van der Waals surface area contributed by atoms with Crippen LogP contribution in [0.2, 0.25) is 0 Å². The maximum atomic E-state index is 13.0. The Labute approximate surface area is 182 Å². The van der Waals surface area contributed by atoms with Crippen LogP contribution in [0.5, 0.6) is 5.75 Å². The summed E-state index contributed by atoms with van der Waals surface area (Å²) in [6.45, 7) is 2.43. The van der Waals surface area contributed by atoms with E-state index in [2.05, 4.69) is 5.32 Å². The van der Waals surface area contributed by atoms with Crippen LogP contribution >= 0.6 is 0 Å². The van der Waals surface area contributed by atoms with Crippen molar-refractivity contribution in [2.24, 2.45) is 5.92 Å². The number of esters is 1. The van der Waals surface area contributed by atoms with Crippen LogP contribution < -0.4 is 10.1 Å². The molecule has 31 heavy (non-hydrogen) atoms. The van der Waals surface area contributed by atoms with Gasteiger partial charge in [0.1, 0.15) is 5.75 Å². The first-order chi connectivity index (χ1) is 14.8. The molecule has 9 heteroatoms. The molecule has 0 aromatic heterocycles. The van der Waals surface area contributed by atoms with Crippen LogP contribution in [0.1, 0.15) is 30.1 Å². The zero-order chi connectivity index (χ0) is 22.4. The minimum Gasteiger partial charge on any atom is -0.497 e. The molecule has 166 valence electrons. The van der Waals surface area contributed by atoms with Gasteiger partial charge in [0, 0.05) is 18.8 Å². The molecule has 2 aromatic rings. The Balaban J connectivity index is 1.69. The van der Waals surface area contributed by atoms with Crippen LogP contribution in [0, 0.1) is 5.92 Å². The van der Waals surface area contributed by atoms with Gasteiger partial charge in [-0.25, -0.2) is 13.2 Å². The van der Waals surface area contributed by atoms with Crippen LogP contribution in [0.3, 0.4) is 0 Å². The summed E-state index contributed by atoms with van der Waals surface area (Å²) in [5, 5.41) is 2.79. The zero-order valence-electron chi connectivity index (χ0n) is 17.5. The summed E-state index contributed by atoms with van der Waals surface area (Å²) < 4.78 is 37.4. The molecule has 3 rings (SSSR count). The number of nitrogens with zero attached hydrogens (tertiary/aromatic N) is 1. The highest BCUT2D eigenvalue weighted by Crippen LogP contribution is 2.26. The SMILES string of the molecule is CCOC(=O)c1cccc(NC(=O)[C@H]2CCCN(S(=O)(=O)c3ccc(OC)cc3)C2)c1. The van der Waals surface area contributed by atoms with Crippen molar-refractivity contribution in [1.82, 2.24) is 4.31 Å². The minimum atomic E-state index is -3.71. The van der Waals surface area contributed by atoms with Crippen LogP contribution in [-0.4, -0.2) is 51.4 Å². The lowest BCUT2D eigenvalue weighted by Gasteiger charge is -2.31. The lowest BCUT2D eigenvalue weighted by Crippen LogP contribution is -2.43. The van der Waals surface area contributed by atoms with E-state index in [9.17, 15) is 18.0 Å². The second-order valence-electron chi connectivity index (χ2n) is 7.17. The van der Waals surface area contributed by atoms with Crippen LogP contribution in [0.25, 0.3) is 0 Å². The van der Waals surface area contributed by atoms with Crippen LogP contribution in [-0.2, 0) is 19.6 Å². The molecule has 1 amide bonds. The summed E-state index contributed by atoms with van der Waals surface area (Å²) in [5.41, 5.74) is 0.803. The number of piperidine rings is 1. The zero-order valence-corrected chi connectivity index (χ0v) is 18.4. The predicted octanol–water partition coefficient (Wildman–Crippen LogP) is 2.91. The van der Waals surface area contributed by atoms with Gasteiger partial charge in [-0.1, -0.05) is 6.07 Å². The Morgan fingerprint density at radius 1 is 1.16 bits per heavy atom. The van der Waals surface area contributed by atoms with Crippen LogP contribution in [0.15, 0.2) is 53.4 Å². The average molecular weight is 447 g/mol. The summed E-state index contributed by atoms with van der Waals surface area (Å²) in [4.78, 5) is 24.9. The highest BCUT2D eigenvalue weighted by Gasteiger charge is 2.33. The second-order valence-corrected chi connectivity index (χ2v) is 9.11. The quantitative estimate of drug-likeness (QED) is 0.656. The average Bonchev–Trinajstić information content (AvgIpc) is 2.79. The first-order valence-corrected chi connectivity index (χ1v) is 11.5. The summed E-state index contributed by atoms with van der Waals surface area (Å²) in [6.07, 6.45) is 1.16. The summed E-state index contributed by atoms with van der Waals surface area (Å²) in [6, 6.07) is 12.7. The van der Waals surface area contributed by atoms with E-state index in [0.717, 1.165) is 0 Å². The number of carbonyl (C=O) groups is 2. The molecule has 0 radical (unpaired) electrons. The molecule has 0 unspecified atom stereocenters. The number of rotatable bonds is 7. The maximum Gasteiger partial charge on any atom is 0.338 e. The van der Waals surface area contributed by atoms with Crippen molar-refractivity contribution in [2.45, 2.75) is 24.7 Å². The molecular weight excluding hydrogens is 420 g/mol. The summed E-state index contributed by atoms with van der Waals surface area (Å²) in [7, 11) is -2.20. The second kappa shape index (κ2) is 9.93. The largest absolute Gasteiger partial charge is 0.497 e. The number of anilines is 1. The summed E-state index contributed by atoms with van der Waals surface area (Å²) >= 11 is 0. The Morgan fingerprint density at radius 2 is 1.90 bits per heavy atom. The molecule has 0 bridgehead atoms. The van der Waals surface area contributed by atoms with Crippen molar-refractivity contribution >= 4 is 27.6 Å². The van der Waals surface area contributed by atoms with E-state index in [-0.39, 0.29) is 24.0 Å². The molecule has 1 aliphatic heterocycles. The Morgan fingerprint density at radius 3 is 2.58 bits per heavy atom. The molecule has 0 spiro atoms. The van der Waals surface area contributed by atoms with Gasteiger partial charge in [0.05, 0.1) is 30.1 Å². The predicted molar refractivity (Wildman–Crippen MR) is 116 cm³/mol. The van der Waals surface area contributed by atoms with Gasteiger partial charge in [-0.2, -0.15) is 4.31 Å². The first-order valence-electron chi connectivity index (χ1n) is 10.1. The molecule has 0 saturated carbocycles. The molecule has 0 aliphatic carbocycles. The molecular formula is C22H26N2O6S. The number of sulfonamides is 1. The van der Waals surface area contributed by atoms with Gasteiger partial charge >= 0.3 is 5.97 Å². The number of carbonyl (C=O) groups excluding carboxylic acids is 2. The number of benzene rings is 2. The van der Waals surface area contributed by atoms with Gasteiger partial charge in [0.2, 0.25) is 15.9 Å². The van der Waals surface area contributed by atoms with Crippen molar-refractivity contribution < 1.29 is 27.5 Å². The fraction of sp³-hybridized carbons (Fsp3) is 0.364. The van der Waals surface area contributed by atoms with E-state index in [0.29, 0.717) is 36.4 Å². The number of ether oxygens (including phenoxy) is 2. The highest BCUT2D eigenvalue weighted by molar-refractivity contribution is 7.89. The molecule has 1 N–H and O–H groups in total. The van der Waals surface area contributed by atoms with E-state index >= 15 is 0 Å². The number of methoxy groups -OCH3 is 1. The Kier molecular flexibility index (Phi) is 7.29. The number of nitrogens with one attached hydrogen (secondary N) is 1. The van der Waals surface area contributed by atoms with Crippen molar-refractivity contribution in [2.75, 3.05) is 32.1 Å². The number of amides is 1. The maximum absolute atomic E-state index is 13.0. The molecule has 1 fully saturated rings. The van der Waals surface area contributed by atoms with Crippen molar-refractivity contribution in [3.8, 4) is 5.75 Å². The fourth-order valence-corrected chi connectivity index (χ4v) is 4.98. The van der Waals surface area contributed by atoms with Gasteiger partial charge in [-0.15, -0.1) is 0 Å². The normalized spacial score (nSPS) is 17.0. The van der Waals surface area contributed by atoms with Crippen molar-refractivity contribution in [3.63, 3.8) is 0 Å². The third-order valence-corrected chi connectivity index (χ3v) is 6.97. The van der Waals surface area contributed by atoms with Gasteiger partial charge in [-0.3, -0.25) is 4.79 Å². The highest BCUT2D eigenvalue weighted by atomic mass is 32.2. The molecule has 1 saturated heterocycles. The standard InChI is InChI=1S/C22H26N2O6S/c1-3-30-22(26)16-6-4-8-18(14-16)23-21(25)17-7-5-13-24(15-17)31(27,28)20-11-9-19(29-2)10-12-20/h4,6,8-12,14,17H,3,5,7,13,15H2,1-2H3,(H,23,25)/t17-/m0/s1. The van der Waals surface area contributed by atoms with E-state index in [4.69, 9.17) is 9.47 Å².